The maximum Gasteiger partial charge on any atom is 0.248 e. The van der Waals surface area contributed by atoms with Crippen LogP contribution in [0.25, 0.3) is 33.6 Å². The number of aromatic nitrogens is 2. The topological polar surface area (TPSA) is 129 Å². The van der Waals surface area contributed by atoms with Crippen LogP contribution in [0.2, 0.25) is 0 Å². The Morgan fingerprint density at radius 3 is 2.68 bits per heavy atom. The summed E-state index contributed by atoms with van der Waals surface area (Å²) in [4.78, 5) is 20.7. The summed E-state index contributed by atoms with van der Waals surface area (Å²) < 4.78 is 11.8. The van der Waals surface area contributed by atoms with Gasteiger partial charge in [-0.2, -0.15) is 0 Å². The Kier molecular flexibility index (Phi) is 5.90. The lowest BCUT2D eigenvalue weighted by molar-refractivity contribution is 0.100. The number of amides is 1. The molecule has 3 aromatic heterocycles. The van der Waals surface area contributed by atoms with E-state index in [1.165, 1.54) is 12.8 Å². The lowest BCUT2D eigenvalue weighted by Gasteiger charge is -2.29. The van der Waals surface area contributed by atoms with E-state index in [0.29, 0.717) is 33.7 Å². The van der Waals surface area contributed by atoms with Crippen molar-refractivity contribution in [2.24, 2.45) is 11.5 Å². The molecule has 2 atom stereocenters. The maximum atomic E-state index is 11.7. The Bertz CT molecular complexity index is 1350. The van der Waals surface area contributed by atoms with Gasteiger partial charge in [-0.25, -0.2) is 4.98 Å². The molecule has 0 aliphatic heterocycles. The first-order chi connectivity index (χ1) is 16.5. The standard InChI is InChI=1S/C26H27N5O3/c1-33-22-7-6-16(26(28)32)12-18(22)23-14-21-25(34-23)17(9-11-29-21)15-8-10-30-24(13-15)31-20-5-3-2-4-19(20)27/h6-14,19-20H,2-5,27H2,1H3,(H2,28,32)(H,30,31). The normalized spacial score (nSPS) is 18.1. The van der Waals surface area contributed by atoms with Crippen LogP contribution in [0.4, 0.5) is 5.82 Å². The van der Waals surface area contributed by atoms with E-state index in [2.05, 4.69) is 15.3 Å². The first-order valence-electron chi connectivity index (χ1n) is 11.4. The Morgan fingerprint density at radius 1 is 1.06 bits per heavy atom. The van der Waals surface area contributed by atoms with Crippen LogP contribution in [-0.4, -0.2) is 35.1 Å². The number of methoxy groups -OCH3 is 1. The van der Waals surface area contributed by atoms with Gasteiger partial charge in [-0.1, -0.05) is 12.8 Å². The highest BCUT2D eigenvalue weighted by Gasteiger charge is 2.22. The third kappa shape index (κ3) is 4.20. The van der Waals surface area contributed by atoms with Crippen molar-refractivity contribution in [3.63, 3.8) is 0 Å². The molecule has 34 heavy (non-hydrogen) atoms. The van der Waals surface area contributed by atoms with Gasteiger partial charge in [-0.3, -0.25) is 9.78 Å². The Morgan fingerprint density at radius 2 is 1.88 bits per heavy atom. The third-order valence-electron chi connectivity index (χ3n) is 6.39. The minimum Gasteiger partial charge on any atom is -0.496 e. The monoisotopic (exact) mass is 457 g/mol. The zero-order chi connectivity index (χ0) is 23.7. The number of carbonyl (C=O) groups excluding carboxylic acids is 1. The van der Waals surface area contributed by atoms with E-state index in [1.807, 2.05) is 24.3 Å². The summed E-state index contributed by atoms with van der Waals surface area (Å²) in [5, 5.41) is 3.51. The molecule has 8 heteroatoms. The van der Waals surface area contributed by atoms with E-state index in [4.69, 9.17) is 20.6 Å². The van der Waals surface area contributed by atoms with Crippen LogP contribution in [0.1, 0.15) is 36.0 Å². The number of anilines is 1. The first-order valence-corrected chi connectivity index (χ1v) is 11.4. The predicted octanol–water partition coefficient (Wildman–Crippen LogP) is 4.35. The summed E-state index contributed by atoms with van der Waals surface area (Å²) in [5.41, 5.74) is 16.0. The van der Waals surface area contributed by atoms with E-state index in [-0.39, 0.29) is 12.1 Å². The van der Waals surface area contributed by atoms with Crippen molar-refractivity contribution in [3.05, 3.63) is 60.4 Å². The lowest BCUT2D eigenvalue weighted by Crippen LogP contribution is -2.42. The van der Waals surface area contributed by atoms with Crippen LogP contribution in [0, 0.1) is 0 Å². The number of furan rings is 1. The van der Waals surface area contributed by atoms with Crippen LogP contribution < -0.4 is 21.5 Å². The molecule has 1 saturated carbocycles. The summed E-state index contributed by atoms with van der Waals surface area (Å²) in [7, 11) is 1.57. The van der Waals surface area contributed by atoms with Gasteiger partial charge < -0.3 is 25.9 Å². The molecule has 1 aromatic carbocycles. The molecule has 4 aromatic rings. The number of benzene rings is 1. The van der Waals surface area contributed by atoms with Gasteiger partial charge in [0.25, 0.3) is 0 Å². The molecule has 0 spiro atoms. The Hall–Kier alpha value is -3.91. The van der Waals surface area contributed by atoms with E-state index in [1.54, 1.807) is 37.7 Å². The molecule has 1 amide bonds. The molecule has 1 fully saturated rings. The van der Waals surface area contributed by atoms with Crippen molar-refractivity contribution in [3.8, 4) is 28.2 Å². The van der Waals surface area contributed by atoms with Gasteiger partial charge in [0.2, 0.25) is 5.91 Å². The number of nitrogens with two attached hydrogens (primary N) is 2. The number of carbonyl (C=O) groups is 1. The van der Waals surface area contributed by atoms with Crippen molar-refractivity contribution in [1.82, 2.24) is 9.97 Å². The number of rotatable bonds is 6. The molecule has 3 heterocycles. The maximum absolute atomic E-state index is 11.7. The molecule has 8 nitrogen and oxygen atoms in total. The quantitative estimate of drug-likeness (QED) is 0.392. The van der Waals surface area contributed by atoms with E-state index in [9.17, 15) is 4.79 Å². The van der Waals surface area contributed by atoms with Gasteiger partial charge in [0.15, 0.2) is 5.58 Å². The van der Waals surface area contributed by atoms with Gasteiger partial charge in [0, 0.05) is 41.7 Å². The molecular formula is C26H27N5O3. The Labute approximate surface area is 197 Å². The minimum atomic E-state index is -0.520. The number of pyridine rings is 2. The SMILES string of the molecule is COc1ccc(C(N)=O)cc1-c1cc2nccc(-c3ccnc(NC4CCCCC4N)c3)c2o1. The van der Waals surface area contributed by atoms with Crippen LogP contribution in [-0.2, 0) is 0 Å². The molecule has 0 bridgehead atoms. The van der Waals surface area contributed by atoms with Gasteiger partial charge in [-0.05, 0) is 54.8 Å². The van der Waals surface area contributed by atoms with Crippen LogP contribution in [0.15, 0.2) is 59.3 Å². The van der Waals surface area contributed by atoms with Gasteiger partial charge >= 0.3 is 0 Å². The molecule has 0 saturated heterocycles. The fraction of sp³-hybridized carbons (Fsp3) is 0.269. The first kappa shape index (κ1) is 21.9. The fourth-order valence-electron chi connectivity index (χ4n) is 4.56. The van der Waals surface area contributed by atoms with Crippen molar-refractivity contribution in [2.75, 3.05) is 12.4 Å². The number of hydrogen-bond donors (Lipinski definition) is 3. The highest BCUT2D eigenvalue weighted by atomic mass is 16.5. The number of hydrogen-bond acceptors (Lipinski definition) is 7. The summed E-state index contributed by atoms with van der Waals surface area (Å²) >= 11 is 0. The average molecular weight is 458 g/mol. The van der Waals surface area contributed by atoms with Crippen molar-refractivity contribution in [2.45, 2.75) is 37.8 Å². The summed E-state index contributed by atoms with van der Waals surface area (Å²) in [6.07, 6.45) is 7.94. The van der Waals surface area contributed by atoms with E-state index >= 15 is 0 Å². The average Bonchev–Trinajstić information content (AvgIpc) is 3.29. The second kappa shape index (κ2) is 9.15. The van der Waals surface area contributed by atoms with Crippen LogP contribution >= 0.6 is 0 Å². The number of fused-ring (bicyclic) bond motifs is 1. The van der Waals surface area contributed by atoms with Crippen molar-refractivity contribution >= 4 is 22.8 Å². The summed E-state index contributed by atoms with van der Waals surface area (Å²) in [6.45, 7) is 0. The molecule has 5 rings (SSSR count). The van der Waals surface area contributed by atoms with Gasteiger partial charge in [0.1, 0.15) is 22.8 Å². The van der Waals surface area contributed by atoms with Crippen molar-refractivity contribution in [1.29, 1.82) is 0 Å². The number of nitrogens with zero attached hydrogens (tertiary/aromatic N) is 2. The second-order valence-corrected chi connectivity index (χ2v) is 8.59. The molecule has 5 N–H and O–H groups in total. The third-order valence-corrected chi connectivity index (χ3v) is 6.39. The van der Waals surface area contributed by atoms with Crippen LogP contribution in [0.5, 0.6) is 5.75 Å². The zero-order valence-corrected chi connectivity index (χ0v) is 19.0. The zero-order valence-electron chi connectivity index (χ0n) is 19.0. The molecule has 1 aliphatic rings. The molecule has 0 radical (unpaired) electrons. The predicted molar refractivity (Wildman–Crippen MR) is 132 cm³/mol. The second-order valence-electron chi connectivity index (χ2n) is 8.59. The largest absolute Gasteiger partial charge is 0.496 e. The highest BCUT2D eigenvalue weighted by molar-refractivity contribution is 5.96. The Balaban J connectivity index is 1.53. The van der Waals surface area contributed by atoms with Crippen LogP contribution in [0.3, 0.4) is 0 Å². The molecule has 2 unspecified atom stereocenters. The van der Waals surface area contributed by atoms with E-state index < -0.39 is 5.91 Å². The van der Waals surface area contributed by atoms with Crippen molar-refractivity contribution < 1.29 is 13.9 Å². The number of primary amides is 1. The number of ether oxygens (including phenoxy) is 1. The van der Waals surface area contributed by atoms with Gasteiger partial charge in [0.05, 0.1) is 12.7 Å². The minimum absolute atomic E-state index is 0.130. The summed E-state index contributed by atoms with van der Waals surface area (Å²) in [6, 6.07) is 13.0. The lowest BCUT2D eigenvalue weighted by atomic mass is 9.91. The smallest absolute Gasteiger partial charge is 0.248 e. The van der Waals surface area contributed by atoms with E-state index in [0.717, 1.165) is 29.8 Å². The molecular weight excluding hydrogens is 430 g/mol. The molecule has 1 aliphatic carbocycles. The number of nitrogens with one attached hydrogen (secondary N) is 1. The molecule has 174 valence electrons. The highest BCUT2D eigenvalue weighted by Crippen LogP contribution is 2.38. The van der Waals surface area contributed by atoms with Gasteiger partial charge in [-0.15, -0.1) is 0 Å². The summed E-state index contributed by atoms with van der Waals surface area (Å²) in [5.74, 6) is 1.38. The fourth-order valence-corrected chi connectivity index (χ4v) is 4.56.